The molecular weight excluding hydrogens is 364 g/mol. The lowest BCUT2D eigenvalue weighted by Crippen LogP contribution is -2.21. The van der Waals surface area contributed by atoms with Crippen LogP contribution in [0.4, 0.5) is 20.3 Å². The number of anilines is 2. The van der Waals surface area contributed by atoms with E-state index in [0.29, 0.717) is 27.8 Å². The highest BCUT2D eigenvalue weighted by Crippen LogP contribution is 2.26. The quantitative estimate of drug-likeness (QED) is 0.517. The van der Waals surface area contributed by atoms with Crippen LogP contribution >= 0.6 is 0 Å². The summed E-state index contributed by atoms with van der Waals surface area (Å²) in [6.45, 7) is 1.78. The van der Waals surface area contributed by atoms with E-state index in [-0.39, 0.29) is 11.4 Å². The van der Waals surface area contributed by atoms with Crippen molar-refractivity contribution in [2.24, 2.45) is 0 Å². The number of nitrogens with one attached hydrogen (secondary N) is 1. The van der Waals surface area contributed by atoms with Crippen LogP contribution in [0, 0.1) is 18.6 Å². The normalized spacial score (nSPS) is 11.0. The molecular formula is C21H15F2N3O2. The van der Waals surface area contributed by atoms with E-state index in [1.165, 1.54) is 41.0 Å². The molecule has 2 N–H and O–H groups in total. The zero-order valence-corrected chi connectivity index (χ0v) is 14.8. The van der Waals surface area contributed by atoms with Gasteiger partial charge in [-0.3, -0.25) is 9.36 Å². The van der Waals surface area contributed by atoms with Gasteiger partial charge in [-0.05, 0) is 60.8 Å². The molecule has 0 aliphatic rings. The van der Waals surface area contributed by atoms with Gasteiger partial charge in [0.2, 0.25) is 0 Å². The number of pyridine rings is 2. The third kappa shape index (κ3) is 3.07. The van der Waals surface area contributed by atoms with Gasteiger partial charge in [0.05, 0.1) is 5.39 Å². The fourth-order valence-electron chi connectivity index (χ4n) is 3.11. The molecule has 2 aromatic heterocycles. The lowest BCUT2D eigenvalue weighted by molar-refractivity contribution is 0.432. The summed E-state index contributed by atoms with van der Waals surface area (Å²) in [5, 5.41) is 13.2. The van der Waals surface area contributed by atoms with Gasteiger partial charge in [0.1, 0.15) is 11.6 Å². The van der Waals surface area contributed by atoms with Crippen molar-refractivity contribution < 1.29 is 13.9 Å². The van der Waals surface area contributed by atoms with Gasteiger partial charge in [-0.15, -0.1) is 0 Å². The van der Waals surface area contributed by atoms with Crippen LogP contribution in [-0.2, 0) is 0 Å². The van der Waals surface area contributed by atoms with Crippen molar-refractivity contribution in [2.45, 2.75) is 6.92 Å². The zero-order chi connectivity index (χ0) is 19.8. The van der Waals surface area contributed by atoms with E-state index in [9.17, 15) is 18.7 Å². The van der Waals surface area contributed by atoms with Gasteiger partial charge in [-0.1, -0.05) is 0 Å². The molecule has 28 heavy (non-hydrogen) atoms. The van der Waals surface area contributed by atoms with Gasteiger partial charge in [-0.25, -0.2) is 13.8 Å². The molecule has 0 saturated carbocycles. The topological polar surface area (TPSA) is 67.2 Å². The molecule has 0 atom stereocenters. The van der Waals surface area contributed by atoms with Gasteiger partial charge in [0.15, 0.2) is 11.6 Å². The maximum atomic E-state index is 13.6. The Morgan fingerprint density at radius 2 is 1.79 bits per heavy atom. The summed E-state index contributed by atoms with van der Waals surface area (Å²) in [7, 11) is 0. The summed E-state index contributed by atoms with van der Waals surface area (Å²) < 4.78 is 28.4. The van der Waals surface area contributed by atoms with E-state index in [1.807, 2.05) is 6.07 Å². The van der Waals surface area contributed by atoms with Gasteiger partial charge in [-0.2, -0.15) is 0 Å². The Morgan fingerprint density at radius 3 is 2.50 bits per heavy atom. The fraction of sp³-hybridized carbons (Fsp3) is 0.0476. The van der Waals surface area contributed by atoms with Crippen molar-refractivity contribution >= 4 is 22.3 Å². The number of phenols is 1. The van der Waals surface area contributed by atoms with Crippen LogP contribution in [0.15, 0.2) is 65.6 Å². The second-order valence-corrected chi connectivity index (χ2v) is 6.32. The summed E-state index contributed by atoms with van der Waals surface area (Å²) in [5.41, 5.74) is 1.20. The number of nitrogens with zero attached hydrogens (tertiary/aromatic N) is 2. The third-order valence-electron chi connectivity index (χ3n) is 4.41. The molecule has 0 spiro atoms. The Labute approximate surface area is 158 Å². The van der Waals surface area contributed by atoms with Gasteiger partial charge in [0.25, 0.3) is 5.56 Å². The van der Waals surface area contributed by atoms with Crippen LogP contribution < -0.4 is 10.9 Å². The van der Waals surface area contributed by atoms with Gasteiger partial charge in [0, 0.05) is 29.3 Å². The molecule has 0 amide bonds. The summed E-state index contributed by atoms with van der Waals surface area (Å²) in [6, 6.07) is 13.0. The Morgan fingerprint density at radius 1 is 1.04 bits per heavy atom. The lowest BCUT2D eigenvalue weighted by Gasteiger charge is -2.14. The van der Waals surface area contributed by atoms with E-state index in [2.05, 4.69) is 10.3 Å². The average Bonchev–Trinajstić information content (AvgIpc) is 2.66. The summed E-state index contributed by atoms with van der Waals surface area (Å²) >= 11 is 0. The van der Waals surface area contributed by atoms with E-state index in [1.54, 1.807) is 19.2 Å². The van der Waals surface area contributed by atoms with Crippen molar-refractivity contribution in [1.29, 1.82) is 0 Å². The molecule has 0 saturated heterocycles. The molecule has 140 valence electrons. The first-order valence-corrected chi connectivity index (χ1v) is 8.47. The van der Waals surface area contributed by atoms with Crippen LogP contribution in [-0.4, -0.2) is 14.7 Å². The molecule has 0 bridgehead atoms. The van der Waals surface area contributed by atoms with Crippen LogP contribution in [0.5, 0.6) is 5.75 Å². The first kappa shape index (κ1) is 17.7. The maximum absolute atomic E-state index is 13.6. The minimum absolute atomic E-state index is 0.253. The summed E-state index contributed by atoms with van der Waals surface area (Å²) in [4.78, 5) is 17.5. The molecule has 5 nitrogen and oxygen atoms in total. The summed E-state index contributed by atoms with van der Waals surface area (Å²) in [5.74, 6) is -1.40. The van der Waals surface area contributed by atoms with Gasteiger partial charge >= 0.3 is 0 Å². The van der Waals surface area contributed by atoms with E-state index < -0.39 is 17.4 Å². The predicted octanol–water partition coefficient (Wildman–Crippen LogP) is 4.42. The molecule has 0 aliphatic carbocycles. The molecule has 0 unspecified atom stereocenters. The second-order valence-electron chi connectivity index (χ2n) is 6.32. The average molecular weight is 379 g/mol. The smallest absolute Gasteiger partial charge is 0.266 e. The Kier molecular flexibility index (Phi) is 4.27. The first-order valence-electron chi connectivity index (χ1n) is 8.47. The summed E-state index contributed by atoms with van der Waals surface area (Å²) in [6.07, 6.45) is 1.54. The number of fused-ring (bicyclic) bond motifs is 1. The number of phenolic OH excluding ortho intramolecular Hbond substituents is 1. The number of rotatable bonds is 3. The monoisotopic (exact) mass is 379 g/mol. The van der Waals surface area contributed by atoms with Crippen molar-refractivity contribution in [3.63, 3.8) is 0 Å². The highest BCUT2D eigenvalue weighted by molar-refractivity contribution is 5.93. The van der Waals surface area contributed by atoms with E-state index in [4.69, 9.17) is 0 Å². The Hall–Kier alpha value is -3.74. The van der Waals surface area contributed by atoms with Crippen molar-refractivity contribution in [3.05, 3.63) is 88.5 Å². The van der Waals surface area contributed by atoms with Crippen LogP contribution in [0.2, 0.25) is 0 Å². The van der Waals surface area contributed by atoms with Gasteiger partial charge < -0.3 is 10.4 Å². The van der Waals surface area contributed by atoms with Crippen LogP contribution in [0.25, 0.3) is 16.5 Å². The number of aryl methyl sites for hydroxylation is 1. The highest BCUT2D eigenvalue weighted by atomic mass is 19.1. The molecule has 0 radical (unpaired) electrons. The molecule has 0 fully saturated rings. The first-order chi connectivity index (χ1) is 13.4. The Balaban J connectivity index is 1.91. The molecule has 2 heterocycles. The standard InChI is InChI=1S/C21H15F2N3O2/c1-12-10-13-8-9-24-20(25-15-4-7-18(27)17(23)11-15)19(13)21(28)26(12)16-5-2-14(22)3-6-16/h2-11,27H,1H3,(H,24,25). The molecule has 0 aliphatic heterocycles. The minimum Gasteiger partial charge on any atom is -0.505 e. The number of aromatic hydroxyl groups is 1. The van der Waals surface area contributed by atoms with E-state index >= 15 is 0 Å². The van der Waals surface area contributed by atoms with Crippen molar-refractivity contribution in [1.82, 2.24) is 9.55 Å². The highest BCUT2D eigenvalue weighted by Gasteiger charge is 2.14. The Bertz CT molecular complexity index is 1250. The second kappa shape index (κ2) is 6.77. The number of hydrogen-bond donors (Lipinski definition) is 2. The van der Waals surface area contributed by atoms with Crippen molar-refractivity contribution in [3.8, 4) is 11.4 Å². The number of benzene rings is 2. The van der Waals surface area contributed by atoms with E-state index in [0.717, 1.165) is 6.07 Å². The molecule has 7 heteroatoms. The zero-order valence-electron chi connectivity index (χ0n) is 14.8. The predicted molar refractivity (Wildman–Crippen MR) is 103 cm³/mol. The van der Waals surface area contributed by atoms with Crippen molar-refractivity contribution in [2.75, 3.05) is 5.32 Å². The molecule has 4 rings (SSSR count). The largest absolute Gasteiger partial charge is 0.505 e. The SMILES string of the molecule is Cc1cc2ccnc(Nc3ccc(O)c(F)c3)c2c(=O)n1-c1ccc(F)cc1. The number of aromatic nitrogens is 2. The minimum atomic E-state index is -0.787. The molecule has 2 aromatic carbocycles. The fourth-order valence-corrected chi connectivity index (χ4v) is 3.11. The number of halogens is 2. The van der Waals surface area contributed by atoms with Crippen LogP contribution in [0.3, 0.4) is 0 Å². The molecule has 4 aromatic rings. The third-order valence-corrected chi connectivity index (χ3v) is 4.41. The lowest BCUT2D eigenvalue weighted by atomic mass is 10.1. The maximum Gasteiger partial charge on any atom is 0.266 e. The van der Waals surface area contributed by atoms with Crippen LogP contribution in [0.1, 0.15) is 5.69 Å². The number of hydrogen-bond acceptors (Lipinski definition) is 4.